The first kappa shape index (κ1) is 20.7. The summed E-state index contributed by atoms with van der Waals surface area (Å²) in [5.41, 5.74) is 3.65. The summed E-state index contributed by atoms with van der Waals surface area (Å²) in [7, 11) is 3.11. The van der Waals surface area contributed by atoms with Gasteiger partial charge in [0.05, 0.1) is 25.5 Å². The molecule has 31 heavy (non-hydrogen) atoms. The van der Waals surface area contributed by atoms with Crippen LogP contribution in [-0.2, 0) is 9.59 Å². The van der Waals surface area contributed by atoms with E-state index in [-0.39, 0.29) is 11.6 Å². The maximum atomic E-state index is 13.5. The van der Waals surface area contributed by atoms with Crippen LogP contribution in [0.2, 0.25) is 0 Å². The molecule has 0 bridgehead atoms. The minimum atomic E-state index is -0.399. The molecule has 6 nitrogen and oxygen atoms in total. The van der Waals surface area contributed by atoms with Crippen molar-refractivity contribution in [2.24, 2.45) is 0 Å². The Balaban J connectivity index is 1.83. The first-order valence-corrected chi connectivity index (χ1v) is 10.6. The highest BCUT2D eigenvalue weighted by atomic mass is 32.1. The van der Waals surface area contributed by atoms with Crippen LogP contribution in [0.25, 0.3) is 5.57 Å². The van der Waals surface area contributed by atoms with Crippen molar-refractivity contribution in [1.29, 1.82) is 0 Å². The highest BCUT2D eigenvalue weighted by molar-refractivity contribution is 7.11. The largest absolute Gasteiger partial charge is 0.497 e. The Labute approximate surface area is 184 Å². The van der Waals surface area contributed by atoms with Crippen molar-refractivity contribution < 1.29 is 19.1 Å². The van der Waals surface area contributed by atoms with Crippen molar-refractivity contribution in [1.82, 2.24) is 0 Å². The summed E-state index contributed by atoms with van der Waals surface area (Å²) < 4.78 is 10.7. The molecule has 158 valence electrons. The average Bonchev–Trinajstić information content (AvgIpc) is 3.37. The van der Waals surface area contributed by atoms with Gasteiger partial charge in [-0.15, -0.1) is 11.3 Å². The highest BCUT2D eigenvalue weighted by Gasteiger charge is 2.41. The number of aryl methyl sites for hydroxylation is 1. The molecule has 0 radical (unpaired) electrons. The van der Waals surface area contributed by atoms with E-state index in [9.17, 15) is 9.59 Å². The third-order valence-electron chi connectivity index (χ3n) is 5.29. The first-order chi connectivity index (χ1) is 14.9. The zero-order valence-corrected chi connectivity index (χ0v) is 18.5. The molecule has 4 rings (SSSR count). The lowest BCUT2D eigenvalue weighted by Crippen LogP contribution is -2.33. The molecule has 1 aliphatic rings. The topological polar surface area (TPSA) is 67.9 Å². The number of rotatable bonds is 6. The van der Waals surface area contributed by atoms with Crippen LogP contribution in [0.15, 0.2) is 59.6 Å². The molecule has 7 heteroatoms. The molecule has 0 fully saturated rings. The molecule has 0 atom stereocenters. The molecule has 1 N–H and O–H groups in total. The van der Waals surface area contributed by atoms with E-state index >= 15 is 0 Å². The van der Waals surface area contributed by atoms with Crippen LogP contribution in [-0.4, -0.2) is 26.0 Å². The summed E-state index contributed by atoms with van der Waals surface area (Å²) in [5.74, 6) is 0.397. The fourth-order valence-corrected chi connectivity index (χ4v) is 4.28. The van der Waals surface area contributed by atoms with Gasteiger partial charge in [-0.2, -0.15) is 0 Å². The Hall–Kier alpha value is -3.58. The minimum absolute atomic E-state index is 0.226. The zero-order valence-electron chi connectivity index (χ0n) is 17.7. The van der Waals surface area contributed by atoms with Crippen LogP contribution in [0.1, 0.15) is 16.0 Å². The van der Waals surface area contributed by atoms with Crippen LogP contribution in [0.4, 0.5) is 11.4 Å². The van der Waals surface area contributed by atoms with Crippen molar-refractivity contribution in [2.75, 3.05) is 24.4 Å². The number of ether oxygens (including phenoxy) is 2. The number of hydrogen-bond acceptors (Lipinski definition) is 6. The quantitative estimate of drug-likeness (QED) is 0.566. The Morgan fingerprint density at radius 1 is 0.903 bits per heavy atom. The molecule has 0 saturated carbocycles. The molecule has 3 aromatic rings. The number of carbonyl (C=O) groups is 2. The number of amides is 2. The minimum Gasteiger partial charge on any atom is -0.497 e. The van der Waals surface area contributed by atoms with E-state index in [1.54, 1.807) is 38.5 Å². The van der Waals surface area contributed by atoms with Crippen molar-refractivity contribution in [2.45, 2.75) is 13.8 Å². The maximum Gasteiger partial charge on any atom is 0.282 e. The summed E-state index contributed by atoms with van der Waals surface area (Å²) in [4.78, 5) is 29.0. The lowest BCUT2D eigenvalue weighted by molar-refractivity contribution is -0.120. The number of nitrogens with one attached hydrogen (secondary N) is 1. The highest BCUT2D eigenvalue weighted by Crippen LogP contribution is 2.38. The van der Waals surface area contributed by atoms with Gasteiger partial charge < -0.3 is 14.8 Å². The molecular weight excluding hydrogens is 412 g/mol. The summed E-state index contributed by atoms with van der Waals surface area (Å²) in [6, 6.07) is 14.5. The van der Waals surface area contributed by atoms with Gasteiger partial charge in [-0.25, -0.2) is 4.90 Å². The summed E-state index contributed by atoms with van der Waals surface area (Å²) >= 11 is 1.41. The standard InChI is InChI=1S/C24H22N2O4S/c1-14-7-5-8-19(15(14)2)26-23(27)21(20-9-6-10-31-20)22(24(26)28)25-16-11-17(29-3)13-18(12-16)30-4/h5-13,25H,1-4H3. The van der Waals surface area contributed by atoms with Gasteiger partial charge in [-0.1, -0.05) is 18.2 Å². The van der Waals surface area contributed by atoms with E-state index in [0.717, 1.165) is 16.0 Å². The molecule has 1 aromatic heterocycles. The molecule has 0 aliphatic carbocycles. The number of methoxy groups -OCH3 is 2. The maximum absolute atomic E-state index is 13.5. The van der Waals surface area contributed by atoms with Gasteiger partial charge in [0.1, 0.15) is 17.2 Å². The predicted octanol–water partition coefficient (Wildman–Crippen LogP) is 4.78. The molecule has 0 unspecified atom stereocenters. The molecule has 2 amide bonds. The van der Waals surface area contributed by atoms with Crippen LogP contribution in [0.3, 0.4) is 0 Å². The molecule has 0 spiro atoms. The van der Waals surface area contributed by atoms with E-state index in [4.69, 9.17) is 9.47 Å². The zero-order chi connectivity index (χ0) is 22.1. The monoisotopic (exact) mass is 434 g/mol. The second kappa shape index (κ2) is 8.28. The normalized spacial score (nSPS) is 13.7. The van der Waals surface area contributed by atoms with Gasteiger partial charge in [0.25, 0.3) is 11.8 Å². The van der Waals surface area contributed by atoms with Gasteiger partial charge in [0.15, 0.2) is 0 Å². The Morgan fingerprint density at radius 2 is 1.61 bits per heavy atom. The Morgan fingerprint density at radius 3 is 2.23 bits per heavy atom. The predicted molar refractivity (Wildman–Crippen MR) is 123 cm³/mol. The molecule has 2 heterocycles. The van der Waals surface area contributed by atoms with Crippen molar-refractivity contribution in [3.63, 3.8) is 0 Å². The lowest BCUT2D eigenvalue weighted by Gasteiger charge is -2.19. The van der Waals surface area contributed by atoms with E-state index in [1.807, 2.05) is 43.5 Å². The van der Waals surface area contributed by atoms with Gasteiger partial charge in [0, 0.05) is 28.8 Å². The van der Waals surface area contributed by atoms with E-state index < -0.39 is 5.91 Å². The van der Waals surface area contributed by atoms with Crippen molar-refractivity contribution in [3.05, 3.63) is 75.6 Å². The molecule has 0 saturated heterocycles. The van der Waals surface area contributed by atoms with Crippen molar-refractivity contribution in [3.8, 4) is 11.5 Å². The Kier molecular flexibility index (Phi) is 5.52. The number of anilines is 2. The number of hydrogen-bond donors (Lipinski definition) is 1. The summed E-state index contributed by atoms with van der Waals surface area (Å²) in [6.45, 7) is 3.87. The second-order valence-electron chi connectivity index (χ2n) is 7.12. The van der Waals surface area contributed by atoms with Gasteiger partial charge in [0.2, 0.25) is 0 Å². The summed E-state index contributed by atoms with van der Waals surface area (Å²) in [6.07, 6.45) is 0. The number of thiophene rings is 1. The fourth-order valence-electron chi connectivity index (χ4n) is 3.52. The van der Waals surface area contributed by atoms with Crippen LogP contribution < -0.4 is 19.7 Å². The number of benzene rings is 2. The van der Waals surface area contributed by atoms with Crippen LogP contribution >= 0.6 is 11.3 Å². The third-order valence-corrected chi connectivity index (χ3v) is 6.18. The average molecular weight is 435 g/mol. The van der Waals surface area contributed by atoms with Crippen LogP contribution in [0, 0.1) is 13.8 Å². The SMILES string of the molecule is COc1cc(NC2=C(c3cccs3)C(=O)N(c3cccc(C)c3C)C2=O)cc(OC)c1. The van der Waals surface area contributed by atoms with Gasteiger partial charge in [-0.3, -0.25) is 9.59 Å². The summed E-state index contributed by atoms with van der Waals surface area (Å²) in [5, 5.41) is 5.04. The molecular formula is C24H22N2O4S. The van der Waals surface area contributed by atoms with E-state index in [0.29, 0.717) is 28.4 Å². The smallest absolute Gasteiger partial charge is 0.282 e. The second-order valence-corrected chi connectivity index (χ2v) is 8.07. The number of imide groups is 1. The Bertz CT molecular complexity index is 1180. The molecule has 2 aromatic carbocycles. The van der Waals surface area contributed by atoms with E-state index in [1.165, 1.54) is 16.2 Å². The lowest BCUT2D eigenvalue weighted by atomic mass is 10.1. The number of carbonyl (C=O) groups excluding carboxylic acids is 2. The van der Waals surface area contributed by atoms with Gasteiger partial charge in [-0.05, 0) is 42.5 Å². The number of nitrogens with zero attached hydrogens (tertiary/aromatic N) is 1. The van der Waals surface area contributed by atoms with Crippen LogP contribution in [0.5, 0.6) is 11.5 Å². The third kappa shape index (κ3) is 3.68. The fraction of sp³-hybridized carbons (Fsp3) is 0.167. The van der Waals surface area contributed by atoms with Gasteiger partial charge >= 0.3 is 0 Å². The van der Waals surface area contributed by atoms with E-state index in [2.05, 4.69) is 5.32 Å². The molecule has 1 aliphatic heterocycles. The first-order valence-electron chi connectivity index (χ1n) is 9.68. The van der Waals surface area contributed by atoms with Crippen molar-refractivity contribution >= 4 is 40.1 Å².